The topological polar surface area (TPSA) is 162 Å². The lowest BCUT2D eigenvalue weighted by Crippen LogP contribution is -2.38. The van der Waals surface area contributed by atoms with Crippen LogP contribution in [0.5, 0.6) is 0 Å². The molecule has 1 atom stereocenters. The van der Waals surface area contributed by atoms with Crippen molar-refractivity contribution in [2.45, 2.75) is 30.9 Å². The second-order valence-electron chi connectivity index (χ2n) is 10.2. The summed E-state index contributed by atoms with van der Waals surface area (Å²) in [6.07, 6.45) is 4.71. The third-order valence-electron chi connectivity index (χ3n) is 6.44. The van der Waals surface area contributed by atoms with Crippen LogP contribution in [0.2, 0.25) is 0 Å². The van der Waals surface area contributed by atoms with Crippen LogP contribution in [0.3, 0.4) is 0 Å². The minimum absolute atomic E-state index is 0.0196. The van der Waals surface area contributed by atoms with Crippen molar-refractivity contribution in [2.24, 2.45) is 0 Å². The Morgan fingerprint density at radius 3 is 1.51 bits per heavy atom. The van der Waals surface area contributed by atoms with E-state index in [1.807, 2.05) is 21.6 Å². The Hall–Kier alpha value is -1.41. The van der Waals surface area contributed by atoms with Crippen LogP contribution in [0, 0.1) is 0 Å². The zero-order valence-electron chi connectivity index (χ0n) is 28.2. The number of nitrogens with one attached hydrogen (secondary N) is 2. The molecule has 2 amide bonds. The molecular formula is C30H57N3O12S2. The molecule has 17 heteroatoms. The largest absolute Gasteiger partial charge is 0.468 e. The van der Waals surface area contributed by atoms with Crippen LogP contribution in [0.1, 0.15) is 25.7 Å². The van der Waals surface area contributed by atoms with Crippen LogP contribution >= 0.6 is 21.6 Å². The van der Waals surface area contributed by atoms with Crippen molar-refractivity contribution >= 4 is 39.6 Å². The predicted octanol–water partition coefficient (Wildman–Crippen LogP) is 1.37. The van der Waals surface area contributed by atoms with Gasteiger partial charge < -0.3 is 53.3 Å². The van der Waals surface area contributed by atoms with Crippen molar-refractivity contribution < 1.29 is 57.0 Å². The van der Waals surface area contributed by atoms with Gasteiger partial charge in [-0.2, -0.15) is 0 Å². The molecule has 1 rings (SSSR count). The van der Waals surface area contributed by atoms with Crippen LogP contribution in [0.25, 0.3) is 0 Å². The summed E-state index contributed by atoms with van der Waals surface area (Å²) in [7, 11) is 6.56. The SMILES string of the molecule is COC(=O)CN(CCOCCOCCOCCOCCOCCOCCOCCNC(=O)NCCCCC1CCSS1)CC(=O)OC. The maximum atomic E-state index is 11.8. The second-order valence-corrected chi connectivity index (χ2v) is 12.9. The Bertz CT molecular complexity index is 752. The smallest absolute Gasteiger partial charge is 0.319 e. The van der Waals surface area contributed by atoms with Gasteiger partial charge in [0.25, 0.3) is 0 Å². The van der Waals surface area contributed by atoms with E-state index < -0.39 is 11.9 Å². The number of ether oxygens (including phenoxy) is 9. The van der Waals surface area contributed by atoms with Gasteiger partial charge >= 0.3 is 18.0 Å². The van der Waals surface area contributed by atoms with Gasteiger partial charge in [0.05, 0.1) is 120 Å². The molecule has 1 unspecified atom stereocenters. The maximum Gasteiger partial charge on any atom is 0.319 e. The molecule has 276 valence electrons. The van der Waals surface area contributed by atoms with Crippen LogP contribution in [0.4, 0.5) is 4.79 Å². The van der Waals surface area contributed by atoms with E-state index in [0.29, 0.717) is 112 Å². The minimum Gasteiger partial charge on any atom is -0.468 e. The molecule has 47 heavy (non-hydrogen) atoms. The lowest BCUT2D eigenvalue weighted by molar-refractivity contribution is -0.145. The standard InChI is InChI=1S/C30H57N3O12S2/c1-37-28(34)25-33(26-29(35)38-2)9-11-40-13-15-42-17-19-44-21-23-45-22-20-43-18-16-41-14-12-39-10-8-32-30(36)31-7-4-3-5-27-6-24-46-47-27/h27H,3-26H2,1-2H3,(H2,31,32,36). The van der Waals surface area contributed by atoms with Crippen molar-refractivity contribution in [2.75, 3.05) is 145 Å². The van der Waals surface area contributed by atoms with Crippen molar-refractivity contribution in [3.05, 3.63) is 0 Å². The molecule has 1 fully saturated rings. The highest BCUT2D eigenvalue weighted by Gasteiger charge is 2.16. The van der Waals surface area contributed by atoms with Gasteiger partial charge in [-0.25, -0.2) is 4.79 Å². The Kier molecular flexibility index (Phi) is 30.7. The molecule has 0 radical (unpaired) electrons. The van der Waals surface area contributed by atoms with Gasteiger partial charge in [-0.15, -0.1) is 0 Å². The Labute approximate surface area is 287 Å². The molecular weight excluding hydrogens is 658 g/mol. The molecule has 0 aromatic carbocycles. The molecule has 1 saturated heterocycles. The monoisotopic (exact) mass is 715 g/mol. The number of unbranched alkanes of at least 4 members (excludes halogenated alkanes) is 1. The zero-order valence-corrected chi connectivity index (χ0v) is 29.8. The first-order valence-electron chi connectivity index (χ1n) is 16.2. The minimum atomic E-state index is -0.437. The van der Waals surface area contributed by atoms with Gasteiger partial charge in [-0.05, 0) is 19.3 Å². The number of carbonyl (C=O) groups is 3. The number of amides is 2. The highest BCUT2D eigenvalue weighted by Crippen LogP contribution is 2.39. The van der Waals surface area contributed by atoms with Gasteiger partial charge in [-0.3, -0.25) is 14.5 Å². The van der Waals surface area contributed by atoms with Crippen LogP contribution < -0.4 is 10.6 Å². The summed E-state index contributed by atoms with van der Waals surface area (Å²) in [5.74, 6) is 0.393. The number of esters is 2. The summed E-state index contributed by atoms with van der Waals surface area (Å²) in [6, 6.07) is -0.149. The van der Waals surface area contributed by atoms with Crippen LogP contribution in [0.15, 0.2) is 0 Å². The molecule has 0 aromatic heterocycles. The van der Waals surface area contributed by atoms with Crippen LogP contribution in [-0.2, 0) is 52.2 Å². The fourth-order valence-corrected chi connectivity index (χ4v) is 6.91. The van der Waals surface area contributed by atoms with E-state index in [0.717, 1.165) is 18.1 Å². The Morgan fingerprint density at radius 2 is 1.06 bits per heavy atom. The maximum absolute atomic E-state index is 11.8. The number of methoxy groups -OCH3 is 2. The average molecular weight is 716 g/mol. The molecule has 15 nitrogen and oxygen atoms in total. The lowest BCUT2D eigenvalue weighted by Gasteiger charge is -2.19. The van der Waals surface area contributed by atoms with Crippen molar-refractivity contribution in [3.8, 4) is 0 Å². The third kappa shape index (κ3) is 29.2. The normalized spacial score (nSPS) is 14.4. The van der Waals surface area contributed by atoms with Gasteiger partial charge in [0.2, 0.25) is 0 Å². The second kappa shape index (κ2) is 33.1. The predicted molar refractivity (Wildman–Crippen MR) is 180 cm³/mol. The number of hydrogen-bond acceptors (Lipinski definition) is 15. The van der Waals surface area contributed by atoms with E-state index in [1.165, 1.54) is 32.8 Å². The molecule has 0 spiro atoms. The number of hydrogen-bond donors (Lipinski definition) is 2. The van der Waals surface area contributed by atoms with E-state index in [1.54, 1.807) is 4.90 Å². The number of nitrogens with zero attached hydrogens (tertiary/aromatic N) is 1. The summed E-state index contributed by atoms with van der Waals surface area (Å²) in [5.41, 5.74) is 0. The Balaban J connectivity index is 1.73. The summed E-state index contributed by atoms with van der Waals surface area (Å²) in [6.45, 7) is 7.66. The van der Waals surface area contributed by atoms with Crippen molar-refractivity contribution in [1.82, 2.24) is 15.5 Å². The van der Waals surface area contributed by atoms with E-state index in [-0.39, 0.29) is 19.1 Å². The number of rotatable bonds is 33. The first-order chi connectivity index (χ1) is 23.0. The first-order valence-corrected chi connectivity index (χ1v) is 18.6. The van der Waals surface area contributed by atoms with Gasteiger partial charge in [0, 0.05) is 30.6 Å². The van der Waals surface area contributed by atoms with E-state index in [9.17, 15) is 14.4 Å². The first kappa shape index (κ1) is 43.6. The fraction of sp³-hybridized carbons (Fsp3) is 0.900. The highest BCUT2D eigenvalue weighted by atomic mass is 33.1. The quantitative estimate of drug-likeness (QED) is 0.0569. The number of urea groups is 1. The third-order valence-corrected chi connectivity index (χ3v) is 9.45. The average Bonchev–Trinajstić information content (AvgIpc) is 3.60. The Morgan fingerprint density at radius 1 is 0.617 bits per heavy atom. The van der Waals surface area contributed by atoms with Gasteiger partial charge in [-0.1, -0.05) is 28.0 Å². The van der Waals surface area contributed by atoms with Crippen LogP contribution in [-0.4, -0.2) is 173 Å². The van der Waals surface area contributed by atoms with E-state index >= 15 is 0 Å². The summed E-state index contributed by atoms with van der Waals surface area (Å²) in [5, 5.41) is 6.48. The molecule has 0 saturated carbocycles. The van der Waals surface area contributed by atoms with Crippen molar-refractivity contribution in [3.63, 3.8) is 0 Å². The zero-order chi connectivity index (χ0) is 34.0. The number of carbonyl (C=O) groups excluding carboxylic acids is 3. The molecule has 1 aliphatic heterocycles. The molecule has 0 bridgehead atoms. The highest BCUT2D eigenvalue weighted by molar-refractivity contribution is 8.77. The van der Waals surface area contributed by atoms with E-state index in [2.05, 4.69) is 20.1 Å². The molecule has 2 N–H and O–H groups in total. The fourth-order valence-electron chi connectivity index (χ4n) is 3.89. The van der Waals surface area contributed by atoms with Gasteiger partial charge in [0.15, 0.2) is 0 Å². The molecule has 0 aliphatic carbocycles. The molecule has 1 aliphatic rings. The molecule has 1 heterocycles. The lowest BCUT2D eigenvalue weighted by atomic mass is 10.1. The summed E-state index contributed by atoms with van der Waals surface area (Å²) >= 11 is 0. The van der Waals surface area contributed by atoms with Gasteiger partial charge in [0.1, 0.15) is 0 Å². The van der Waals surface area contributed by atoms with Crippen molar-refractivity contribution in [1.29, 1.82) is 0 Å². The molecule has 0 aromatic rings. The summed E-state index contributed by atoms with van der Waals surface area (Å²) < 4.78 is 47.6. The summed E-state index contributed by atoms with van der Waals surface area (Å²) in [4.78, 5) is 36.3. The van der Waals surface area contributed by atoms with E-state index in [4.69, 9.17) is 33.2 Å².